The molecule has 0 atom stereocenters. The Bertz CT molecular complexity index is 877. The molecule has 0 heterocycles. The molecule has 0 saturated carbocycles. The molecule has 28 heavy (non-hydrogen) atoms. The first-order chi connectivity index (χ1) is 13.7. The van der Waals surface area contributed by atoms with E-state index in [4.69, 9.17) is 0 Å². The van der Waals surface area contributed by atoms with E-state index in [2.05, 4.69) is 60.8 Å². The zero-order chi connectivity index (χ0) is 19.8. The van der Waals surface area contributed by atoms with Crippen LogP contribution in [0.3, 0.4) is 0 Å². The molecule has 0 fully saturated rings. The molecule has 0 saturated heterocycles. The van der Waals surface area contributed by atoms with Crippen LogP contribution in [0.1, 0.15) is 48.5 Å². The minimum Gasteiger partial charge on any atom is -0.355 e. The maximum absolute atomic E-state index is 11.7. The van der Waals surface area contributed by atoms with Crippen molar-refractivity contribution < 1.29 is 4.79 Å². The molecule has 0 bridgehead atoms. The molecule has 0 radical (unpaired) electrons. The van der Waals surface area contributed by atoms with E-state index in [1.807, 2.05) is 24.3 Å². The zero-order valence-corrected chi connectivity index (χ0v) is 16.9. The van der Waals surface area contributed by atoms with Gasteiger partial charge in [-0.3, -0.25) is 4.79 Å². The molecular formula is C26H29NO. The van der Waals surface area contributed by atoms with E-state index in [-0.39, 0.29) is 5.91 Å². The standard InChI is InChI=1S/C26H29NO/c1-3-4-5-6-7-20-8-10-21(11-9-20)22-12-14-23(15-13-22)24-16-18-25(19-17-24)26(28)27-2/h8-19H,3-7H2,1-2H3,(H,27,28). The van der Waals surface area contributed by atoms with Gasteiger partial charge in [-0.1, -0.05) is 86.8 Å². The average molecular weight is 372 g/mol. The van der Waals surface area contributed by atoms with E-state index in [9.17, 15) is 4.79 Å². The van der Waals surface area contributed by atoms with Gasteiger partial charge in [-0.15, -0.1) is 0 Å². The largest absolute Gasteiger partial charge is 0.355 e. The van der Waals surface area contributed by atoms with Crippen molar-refractivity contribution in [3.05, 3.63) is 83.9 Å². The predicted octanol–water partition coefficient (Wildman–Crippen LogP) is 6.50. The van der Waals surface area contributed by atoms with Gasteiger partial charge in [-0.25, -0.2) is 0 Å². The quantitative estimate of drug-likeness (QED) is 0.450. The van der Waals surface area contributed by atoms with Gasteiger partial charge in [0.1, 0.15) is 0 Å². The maximum atomic E-state index is 11.7. The molecule has 0 aliphatic heterocycles. The molecule has 3 aromatic rings. The molecule has 0 aliphatic rings. The third kappa shape index (κ3) is 5.10. The van der Waals surface area contributed by atoms with Gasteiger partial charge in [0.15, 0.2) is 0 Å². The van der Waals surface area contributed by atoms with Crippen LogP contribution >= 0.6 is 0 Å². The Labute approximate surface area is 168 Å². The van der Waals surface area contributed by atoms with Crippen molar-refractivity contribution >= 4 is 5.91 Å². The molecular weight excluding hydrogens is 342 g/mol. The molecule has 1 N–H and O–H groups in total. The van der Waals surface area contributed by atoms with Crippen molar-refractivity contribution in [3.8, 4) is 22.3 Å². The zero-order valence-electron chi connectivity index (χ0n) is 16.9. The molecule has 0 unspecified atom stereocenters. The molecule has 0 spiro atoms. The van der Waals surface area contributed by atoms with Gasteiger partial charge in [-0.05, 0) is 52.8 Å². The van der Waals surface area contributed by atoms with Crippen LogP contribution in [0.2, 0.25) is 0 Å². The van der Waals surface area contributed by atoms with Crippen molar-refractivity contribution in [1.29, 1.82) is 0 Å². The van der Waals surface area contributed by atoms with Crippen LogP contribution in [-0.4, -0.2) is 13.0 Å². The van der Waals surface area contributed by atoms with Crippen molar-refractivity contribution in [1.82, 2.24) is 5.32 Å². The number of rotatable bonds is 8. The molecule has 2 nitrogen and oxygen atoms in total. The summed E-state index contributed by atoms with van der Waals surface area (Å²) in [5.74, 6) is -0.0595. The molecule has 1 amide bonds. The second-order valence-corrected chi connectivity index (χ2v) is 7.24. The summed E-state index contributed by atoms with van der Waals surface area (Å²) in [7, 11) is 1.65. The third-order valence-electron chi connectivity index (χ3n) is 5.20. The highest BCUT2D eigenvalue weighted by atomic mass is 16.1. The van der Waals surface area contributed by atoms with Crippen LogP contribution in [0, 0.1) is 0 Å². The Morgan fingerprint density at radius 1 is 0.679 bits per heavy atom. The van der Waals surface area contributed by atoms with Crippen molar-refractivity contribution in [2.75, 3.05) is 7.05 Å². The van der Waals surface area contributed by atoms with E-state index in [0.717, 1.165) is 11.1 Å². The highest BCUT2D eigenvalue weighted by Crippen LogP contribution is 2.25. The van der Waals surface area contributed by atoms with Gasteiger partial charge in [0, 0.05) is 12.6 Å². The Hall–Kier alpha value is -2.87. The van der Waals surface area contributed by atoms with Crippen LogP contribution in [-0.2, 0) is 6.42 Å². The van der Waals surface area contributed by atoms with E-state index < -0.39 is 0 Å². The Morgan fingerprint density at radius 3 is 1.61 bits per heavy atom. The first-order valence-corrected chi connectivity index (χ1v) is 10.2. The van der Waals surface area contributed by atoms with Gasteiger partial charge in [0.05, 0.1) is 0 Å². The number of amides is 1. The monoisotopic (exact) mass is 371 g/mol. The van der Waals surface area contributed by atoms with Gasteiger partial charge in [-0.2, -0.15) is 0 Å². The number of carbonyl (C=O) groups excluding carboxylic acids is 1. The second kappa shape index (κ2) is 9.89. The molecule has 3 aromatic carbocycles. The van der Waals surface area contributed by atoms with Gasteiger partial charge in [0.25, 0.3) is 5.91 Å². The van der Waals surface area contributed by atoms with Crippen molar-refractivity contribution in [2.45, 2.75) is 39.0 Å². The van der Waals surface area contributed by atoms with Crippen LogP contribution in [0.15, 0.2) is 72.8 Å². The normalized spacial score (nSPS) is 10.6. The number of aryl methyl sites for hydroxylation is 1. The second-order valence-electron chi connectivity index (χ2n) is 7.24. The lowest BCUT2D eigenvalue weighted by atomic mass is 9.98. The summed E-state index contributed by atoms with van der Waals surface area (Å²) in [6.07, 6.45) is 6.39. The van der Waals surface area contributed by atoms with Crippen LogP contribution < -0.4 is 5.32 Å². The smallest absolute Gasteiger partial charge is 0.251 e. The summed E-state index contributed by atoms with van der Waals surface area (Å²) in [5, 5.41) is 2.65. The highest BCUT2D eigenvalue weighted by Gasteiger charge is 2.04. The van der Waals surface area contributed by atoms with Gasteiger partial charge < -0.3 is 5.32 Å². The van der Waals surface area contributed by atoms with Gasteiger partial charge >= 0.3 is 0 Å². The van der Waals surface area contributed by atoms with Crippen molar-refractivity contribution in [2.24, 2.45) is 0 Å². The SMILES string of the molecule is CCCCCCc1ccc(-c2ccc(-c3ccc(C(=O)NC)cc3)cc2)cc1. The molecule has 3 rings (SSSR count). The fraction of sp³-hybridized carbons (Fsp3) is 0.269. The van der Waals surface area contributed by atoms with Crippen molar-refractivity contribution in [3.63, 3.8) is 0 Å². The topological polar surface area (TPSA) is 29.1 Å². The molecule has 0 aliphatic carbocycles. The lowest BCUT2D eigenvalue weighted by molar-refractivity contribution is 0.0963. The summed E-state index contributed by atoms with van der Waals surface area (Å²) < 4.78 is 0. The lowest BCUT2D eigenvalue weighted by Crippen LogP contribution is -2.17. The molecule has 144 valence electrons. The minimum atomic E-state index is -0.0595. The van der Waals surface area contributed by atoms with Crippen LogP contribution in [0.5, 0.6) is 0 Å². The maximum Gasteiger partial charge on any atom is 0.251 e. The first-order valence-electron chi connectivity index (χ1n) is 10.2. The summed E-state index contributed by atoms with van der Waals surface area (Å²) in [5.41, 5.74) is 6.84. The molecule has 0 aromatic heterocycles. The van der Waals surface area contributed by atoms with E-state index in [0.29, 0.717) is 5.56 Å². The Kier molecular flexibility index (Phi) is 7.02. The number of hydrogen-bond acceptors (Lipinski definition) is 1. The van der Waals surface area contributed by atoms with Crippen LogP contribution in [0.4, 0.5) is 0 Å². The minimum absolute atomic E-state index is 0.0595. The van der Waals surface area contributed by atoms with Crippen LogP contribution in [0.25, 0.3) is 22.3 Å². The fourth-order valence-electron chi connectivity index (χ4n) is 3.43. The lowest BCUT2D eigenvalue weighted by Gasteiger charge is -2.07. The fourth-order valence-corrected chi connectivity index (χ4v) is 3.43. The number of unbranched alkanes of at least 4 members (excludes halogenated alkanes) is 3. The highest BCUT2D eigenvalue weighted by molar-refractivity contribution is 5.94. The Morgan fingerprint density at radius 2 is 1.14 bits per heavy atom. The van der Waals surface area contributed by atoms with Gasteiger partial charge in [0.2, 0.25) is 0 Å². The number of nitrogens with one attached hydrogen (secondary N) is 1. The summed E-state index contributed by atoms with van der Waals surface area (Å²) >= 11 is 0. The van der Waals surface area contributed by atoms with E-state index in [1.165, 1.54) is 48.8 Å². The van der Waals surface area contributed by atoms with E-state index >= 15 is 0 Å². The van der Waals surface area contributed by atoms with E-state index in [1.54, 1.807) is 7.05 Å². The first kappa shape index (κ1) is 19.9. The average Bonchev–Trinajstić information content (AvgIpc) is 2.77. The molecule has 2 heteroatoms. The number of carbonyl (C=O) groups is 1. The summed E-state index contributed by atoms with van der Waals surface area (Å²) in [6, 6.07) is 25.3. The number of hydrogen-bond donors (Lipinski definition) is 1. The summed E-state index contributed by atoms with van der Waals surface area (Å²) in [6.45, 7) is 2.25. The Balaban J connectivity index is 1.66. The summed E-state index contributed by atoms with van der Waals surface area (Å²) in [4.78, 5) is 11.7. The predicted molar refractivity (Wildman–Crippen MR) is 119 cm³/mol. The number of benzene rings is 3. The third-order valence-corrected chi connectivity index (χ3v) is 5.20.